The van der Waals surface area contributed by atoms with Gasteiger partial charge in [-0.2, -0.15) is 0 Å². The largest absolute Gasteiger partial charge is 0.454 e. The Bertz CT molecular complexity index is 646. The summed E-state index contributed by atoms with van der Waals surface area (Å²) in [6, 6.07) is 5.37. The number of amides is 1. The van der Waals surface area contributed by atoms with Crippen molar-refractivity contribution < 1.29 is 23.9 Å². The number of hydrogen-bond acceptors (Lipinski definition) is 5. The van der Waals surface area contributed by atoms with Gasteiger partial charge in [-0.3, -0.25) is 9.59 Å². The van der Waals surface area contributed by atoms with Crippen LogP contribution in [0, 0.1) is 13.8 Å². The van der Waals surface area contributed by atoms with Crippen LogP contribution in [0.5, 0.6) is 0 Å². The van der Waals surface area contributed by atoms with E-state index in [0.717, 1.165) is 11.1 Å². The van der Waals surface area contributed by atoms with Crippen LogP contribution in [0.1, 0.15) is 55.6 Å². The summed E-state index contributed by atoms with van der Waals surface area (Å²) < 4.78 is 10.2. The molecule has 0 aliphatic rings. The number of ketones is 1. The number of carbonyl (C=O) groups excluding carboxylic acids is 3. The second-order valence-electron chi connectivity index (χ2n) is 6.97. The SMILES string of the molecule is Cc1ccc(C(=O)[C@H](C)OC(=O)CCNC(=O)OC(C)(C)C)cc1C. The molecule has 1 aromatic rings. The third-order valence-electron chi connectivity index (χ3n) is 3.47. The summed E-state index contributed by atoms with van der Waals surface area (Å²) >= 11 is 0. The number of rotatable bonds is 6. The lowest BCUT2D eigenvalue weighted by Gasteiger charge is -2.19. The third-order valence-corrected chi connectivity index (χ3v) is 3.47. The van der Waals surface area contributed by atoms with E-state index in [1.54, 1.807) is 32.9 Å². The molecule has 0 aromatic heterocycles. The van der Waals surface area contributed by atoms with Crippen molar-refractivity contribution >= 4 is 17.8 Å². The van der Waals surface area contributed by atoms with Crippen LogP contribution in [-0.4, -0.2) is 36.1 Å². The van der Waals surface area contributed by atoms with Crippen LogP contribution in [0.3, 0.4) is 0 Å². The summed E-state index contributed by atoms with van der Waals surface area (Å²) in [5.74, 6) is -0.808. The highest BCUT2D eigenvalue weighted by Gasteiger charge is 2.20. The van der Waals surface area contributed by atoms with Crippen LogP contribution in [0.25, 0.3) is 0 Å². The standard InChI is InChI=1S/C19H27NO5/c1-12-7-8-15(11-13(12)2)17(22)14(3)24-16(21)9-10-20-18(23)25-19(4,5)6/h7-8,11,14H,9-10H2,1-6H3,(H,20,23)/t14-/m0/s1. The van der Waals surface area contributed by atoms with Crippen LogP contribution in [-0.2, 0) is 14.3 Å². The van der Waals surface area contributed by atoms with Gasteiger partial charge in [0.2, 0.25) is 5.78 Å². The minimum atomic E-state index is -0.879. The highest BCUT2D eigenvalue weighted by atomic mass is 16.6. The van der Waals surface area contributed by atoms with Crippen molar-refractivity contribution in [3.8, 4) is 0 Å². The number of aryl methyl sites for hydroxylation is 2. The second-order valence-corrected chi connectivity index (χ2v) is 6.97. The highest BCUT2D eigenvalue weighted by Crippen LogP contribution is 2.13. The van der Waals surface area contributed by atoms with Gasteiger partial charge in [0.1, 0.15) is 5.60 Å². The summed E-state index contributed by atoms with van der Waals surface area (Å²) in [7, 11) is 0. The van der Waals surface area contributed by atoms with Crippen molar-refractivity contribution in [2.45, 2.75) is 59.7 Å². The maximum Gasteiger partial charge on any atom is 0.407 e. The summed E-state index contributed by atoms with van der Waals surface area (Å²) in [6.07, 6.45) is -1.51. The van der Waals surface area contributed by atoms with Gasteiger partial charge < -0.3 is 14.8 Å². The number of carbonyl (C=O) groups is 3. The lowest BCUT2D eigenvalue weighted by Crippen LogP contribution is -2.34. The Kier molecular flexibility index (Phi) is 7.15. The second kappa shape index (κ2) is 8.65. The number of nitrogens with one attached hydrogen (secondary N) is 1. The van der Waals surface area contributed by atoms with Crippen molar-refractivity contribution in [2.75, 3.05) is 6.54 Å². The smallest absolute Gasteiger partial charge is 0.407 e. The average molecular weight is 349 g/mol. The molecule has 138 valence electrons. The Morgan fingerprint density at radius 1 is 1.12 bits per heavy atom. The fourth-order valence-electron chi connectivity index (χ4n) is 2.02. The molecule has 6 nitrogen and oxygen atoms in total. The predicted octanol–water partition coefficient (Wildman–Crippen LogP) is 3.33. The first-order valence-corrected chi connectivity index (χ1v) is 8.27. The molecule has 0 unspecified atom stereocenters. The van der Waals surface area contributed by atoms with E-state index >= 15 is 0 Å². The van der Waals surface area contributed by atoms with E-state index in [4.69, 9.17) is 9.47 Å². The van der Waals surface area contributed by atoms with E-state index in [2.05, 4.69) is 5.32 Å². The molecule has 0 saturated carbocycles. The minimum Gasteiger partial charge on any atom is -0.454 e. The van der Waals surface area contributed by atoms with E-state index in [1.165, 1.54) is 6.92 Å². The van der Waals surface area contributed by atoms with E-state index in [1.807, 2.05) is 19.9 Å². The molecule has 1 rings (SSSR count). The number of Topliss-reactive ketones (excluding diaryl/α,β-unsaturated/α-hetero) is 1. The Hall–Kier alpha value is -2.37. The molecule has 1 N–H and O–H groups in total. The Labute approximate surface area is 148 Å². The van der Waals surface area contributed by atoms with E-state index in [9.17, 15) is 14.4 Å². The van der Waals surface area contributed by atoms with Gasteiger partial charge in [-0.1, -0.05) is 12.1 Å². The lowest BCUT2D eigenvalue weighted by molar-refractivity contribution is -0.146. The summed E-state index contributed by atoms with van der Waals surface area (Å²) in [6.45, 7) is 10.8. The monoisotopic (exact) mass is 349 g/mol. The van der Waals surface area contributed by atoms with Gasteiger partial charge in [0.05, 0.1) is 6.42 Å². The van der Waals surface area contributed by atoms with Crippen LogP contribution >= 0.6 is 0 Å². The maximum absolute atomic E-state index is 12.3. The first-order chi connectivity index (χ1) is 11.5. The summed E-state index contributed by atoms with van der Waals surface area (Å²) in [5, 5.41) is 2.47. The molecule has 6 heteroatoms. The van der Waals surface area contributed by atoms with E-state index in [-0.39, 0.29) is 18.7 Å². The molecule has 0 spiro atoms. The predicted molar refractivity (Wildman–Crippen MR) is 94.7 cm³/mol. The molecule has 0 saturated heterocycles. The number of esters is 1. The Balaban J connectivity index is 2.44. The number of ether oxygens (including phenoxy) is 2. The molecule has 0 bridgehead atoms. The lowest BCUT2D eigenvalue weighted by atomic mass is 10.0. The molecule has 0 radical (unpaired) electrons. The quantitative estimate of drug-likeness (QED) is 0.629. The Morgan fingerprint density at radius 2 is 1.76 bits per heavy atom. The number of hydrogen-bond donors (Lipinski definition) is 1. The van der Waals surface area contributed by atoms with Crippen molar-refractivity contribution in [1.82, 2.24) is 5.32 Å². The molecule has 0 heterocycles. The van der Waals surface area contributed by atoms with Gasteiger partial charge in [-0.15, -0.1) is 0 Å². The van der Waals surface area contributed by atoms with E-state index < -0.39 is 23.8 Å². The molecular formula is C19H27NO5. The normalized spacial score (nSPS) is 12.2. The molecule has 25 heavy (non-hydrogen) atoms. The topological polar surface area (TPSA) is 81.7 Å². The zero-order valence-electron chi connectivity index (χ0n) is 15.8. The molecule has 0 aliphatic carbocycles. The van der Waals surface area contributed by atoms with Crippen molar-refractivity contribution in [3.05, 3.63) is 34.9 Å². The number of benzene rings is 1. The maximum atomic E-state index is 12.3. The van der Waals surface area contributed by atoms with Gasteiger partial charge in [0.25, 0.3) is 0 Å². The molecule has 1 aromatic carbocycles. The zero-order chi connectivity index (χ0) is 19.2. The molecular weight excluding hydrogens is 322 g/mol. The van der Waals surface area contributed by atoms with Crippen LogP contribution in [0.15, 0.2) is 18.2 Å². The van der Waals surface area contributed by atoms with Gasteiger partial charge in [-0.25, -0.2) is 4.79 Å². The summed E-state index contributed by atoms with van der Waals surface area (Å²) in [5.41, 5.74) is 2.01. The van der Waals surface area contributed by atoms with Gasteiger partial charge in [0, 0.05) is 12.1 Å². The highest BCUT2D eigenvalue weighted by molar-refractivity contribution is 6.00. The van der Waals surface area contributed by atoms with E-state index in [0.29, 0.717) is 5.56 Å². The van der Waals surface area contributed by atoms with Crippen molar-refractivity contribution in [1.29, 1.82) is 0 Å². The Morgan fingerprint density at radius 3 is 2.32 bits per heavy atom. The number of alkyl carbamates (subject to hydrolysis) is 1. The van der Waals surface area contributed by atoms with Crippen molar-refractivity contribution in [2.24, 2.45) is 0 Å². The summed E-state index contributed by atoms with van der Waals surface area (Å²) in [4.78, 5) is 35.6. The fourth-order valence-corrected chi connectivity index (χ4v) is 2.02. The fraction of sp³-hybridized carbons (Fsp3) is 0.526. The van der Waals surface area contributed by atoms with Gasteiger partial charge in [0.15, 0.2) is 6.10 Å². The zero-order valence-corrected chi connectivity index (χ0v) is 15.8. The average Bonchev–Trinajstić information content (AvgIpc) is 2.47. The molecule has 0 fully saturated rings. The first kappa shape index (κ1) is 20.7. The van der Waals surface area contributed by atoms with Gasteiger partial charge >= 0.3 is 12.1 Å². The third kappa shape index (κ3) is 7.37. The molecule has 1 amide bonds. The minimum absolute atomic E-state index is 0.0379. The first-order valence-electron chi connectivity index (χ1n) is 8.27. The van der Waals surface area contributed by atoms with Crippen LogP contribution in [0.4, 0.5) is 4.79 Å². The molecule has 0 aliphatic heterocycles. The van der Waals surface area contributed by atoms with Crippen LogP contribution < -0.4 is 5.32 Å². The van der Waals surface area contributed by atoms with Gasteiger partial charge in [-0.05, 0) is 58.7 Å². The molecule has 1 atom stereocenters. The van der Waals surface area contributed by atoms with Crippen LogP contribution in [0.2, 0.25) is 0 Å². The van der Waals surface area contributed by atoms with Crippen molar-refractivity contribution in [3.63, 3.8) is 0 Å².